The molecule has 0 spiro atoms. The van der Waals surface area contributed by atoms with Gasteiger partial charge in [-0.15, -0.1) is 0 Å². The first-order chi connectivity index (χ1) is 10.9. The van der Waals surface area contributed by atoms with Crippen LogP contribution < -0.4 is 5.32 Å². The van der Waals surface area contributed by atoms with E-state index < -0.39 is 5.60 Å². The molecular weight excluding hydrogens is 294 g/mol. The maximum absolute atomic E-state index is 12.4. The molecule has 1 aromatic rings. The number of amides is 1. The predicted molar refractivity (Wildman–Crippen MR) is 88.1 cm³/mol. The number of carbonyl (C=O) groups is 1. The molecule has 6 heteroatoms. The Balaban J connectivity index is 1.85. The first-order valence-electron chi connectivity index (χ1n) is 8.12. The third kappa shape index (κ3) is 6.54. The summed E-state index contributed by atoms with van der Waals surface area (Å²) in [6, 6.07) is 4.30. The van der Waals surface area contributed by atoms with Gasteiger partial charge in [0.15, 0.2) is 0 Å². The number of hydrogen-bond acceptors (Lipinski definition) is 5. The predicted octanol–water partition coefficient (Wildman–Crippen LogP) is 2.20. The van der Waals surface area contributed by atoms with Crippen LogP contribution in [0.5, 0.6) is 0 Å². The van der Waals surface area contributed by atoms with Crippen LogP contribution in [0.15, 0.2) is 24.5 Å². The topological polar surface area (TPSA) is 63.7 Å². The van der Waals surface area contributed by atoms with E-state index >= 15 is 0 Å². The Morgan fingerprint density at radius 3 is 2.83 bits per heavy atom. The summed E-state index contributed by atoms with van der Waals surface area (Å²) in [4.78, 5) is 18.2. The standard InChI is InChI=1S/C17H27N3O3/c1-17(2,3)23-16(21)20(11-14-6-4-7-18-10-14)9-5-8-19-15-12-22-13-15/h4,6-7,10,15,19H,5,8-9,11-13H2,1-3H3. The van der Waals surface area contributed by atoms with Crippen molar-refractivity contribution >= 4 is 6.09 Å². The molecule has 1 aliphatic heterocycles. The van der Waals surface area contributed by atoms with Crippen LogP contribution in [0.1, 0.15) is 32.8 Å². The minimum absolute atomic E-state index is 0.284. The average Bonchev–Trinajstić information content (AvgIpc) is 2.43. The molecule has 6 nitrogen and oxygen atoms in total. The fourth-order valence-corrected chi connectivity index (χ4v) is 2.20. The van der Waals surface area contributed by atoms with Crippen molar-refractivity contribution in [3.05, 3.63) is 30.1 Å². The SMILES string of the molecule is CC(C)(C)OC(=O)N(CCCNC1COC1)Cc1cccnc1. The summed E-state index contributed by atoms with van der Waals surface area (Å²) in [5, 5.41) is 3.41. The van der Waals surface area contributed by atoms with Crippen molar-refractivity contribution in [2.24, 2.45) is 0 Å². The molecule has 128 valence electrons. The maximum atomic E-state index is 12.4. The van der Waals surface area contributed by atoms with Crippen LogP contribution in [0.25, 0.3) is 0 Å². The van der Waals surface area contributed by atoms with Gasteiger partial charge in [-0.2, -0.15) is 0 Å². The highest BCUT2D eigenvalue weighted by molar-refractivity contribution is 5.68. The van der Waals surface area contributed by atoms with Gasteiger partial charge in [0.1, 0.15) is 5.60 Å². The summed E-state index contributed by atoms with van der Waals surface area (Å²) < 4.78 is 10.6. The lowest BCUT2D eigenvalue weighted by Crippen LogP contribution is -2.46. The smallest absolute Gasteiger partial charge is 0.410 e. The van der Waals surface area contributed by atoms with Crippen molar-refractivity contribution in [2.45, 2.75) is 45.4 Å². The fraction of sp³-hybridized carbons (Fsp3) is 0.647. The van der Waals surface area contributed by atoms with Crippen molar-refractivity contribution in [1.82, 2.24) is 15.2 Å². The van der Waals surface area contributed by atoms with Crippen LogP contribution in [-0.2, 0) is 16.0 Å². The maximum Gasteiger partial charge on any atom is 0.410 e. The van der Waals surface area contributed by atoms with Crippen LogP contribution in [0, 0.1) is 0 Å². The zero-order valence-electron chi connectivity index (χ0n) is 14.2. The number of nitrogens with one attached hydrogen (secondary N) is 1. The molecule has 0 unspecified atom stereocenters. The molecule has 2 rings (SSSR count). The lowest BCUT2D eigenvalue weighted by molar-refractivity contribution is -0.00558. The van der Waals surface area contributed by atoms with Gasteiger partial charge < -0.3 is 19.7 Å². The molecule has 0 atom stereocenters. The second-order valence-electron chi connectivity index (χ2n) is 6.81. The monoisotopic (exact) mass is 321 g/mol. The third-order valence-electron chi connectivity index (χ3n) is 3.42. The summed E-state index contributed by atoms with van der Waals surface area (Å²) in [6.45, 7) is 9.22. The van der Waals surface area contributed by atoms with E-state index in [1.54, 1.807) is 17.3 Å². The molecule has 1 fully saturated rings. The molecular formula is C17H27N3O3. The number of pyridine rings is 1. The van der Waals surface area contributed by atoms with Crippen molar-refractivity contribution in [3.8, 4) is 0 Å². The molecule has 23 heavy (non-hydrogen) atoms. The lowest BCUT2D eigenvalue weighted by atomic mass is 10.2. The summed E-state index contributed by atoms with van der Waals surface area (Å²) in [5.74, 6) is 0. The van der Waals surface area contributed by atoms with E-state index in [9.17, 15) is 4.79 Å². The van der Waals surface area contributed by atoms with Crippen LogP contribution in [0.3, 0.4) is 0 Å². The van der Waals surface area contributed by atoms with E-state index in [0.29, 0.717) is 19.1 Å². The Hall–Kier alpha value is -1.66. The van der Waals surface area contributed by atoms with Gasteiger partial charge in [0.05, 0.1) is 25.8 Å². The van der Waals surface area contributed by atoms with Crippen molar-refractivity contribution < 1.29 is 14.3 Å². The summed E-state index contributed by atoms with van der Waals surface area (Å²) in [6.07, 6.45) is 4.09. The summed E-state index contributed by atoms with van der Waals surface area (Å²) in [5.41, 5.74) is 0.505. The third-order valence-corrected chi connectivity index (χ3v) is 3.42. The zero-order valence-corrected chi connectivity index (χ0v) is 14.2. The van der Waals surface area contributed by atoms with Crippen molar-refractivity contribution in [3.63, 3.8) is 0 Å². The van der Waals surface area contributed by atoms with Gasteiger partial charge in [-0.3, -0.25) is 4.98 Å². The van der Waals surface area contributed by atoms with Gasteiger partial charge >= 0.3 is 6.09 Å². The highest BCUT2D eigenvalue weighted by Crippen LogP contribution is 2.13. The fourth-order valence-electron chi connectivity index (χ4n) is 2.20. The van der Waals surface area contributed by atoms with Gasteiger partial charge in [0, 0.05) is 18.9 Å². The minimum Gasteiger partial charge on any atom is -0.444 e. The minimum atomic E-state index is -0.494. The number of aromatic nitrogens is 1. The zero-order chi connectivity index (χ0) is 16.7. The number of rotatable bonds is 7. The highest BCUT2D eigenvalue weighted by atomic mass is 16.6. The van der Waals surface area contributed by atoms with E-state index in [0.717, 1.165) is 31.7 Å². The largest absolute Gasteiger partial charge is 0.444 e. The molecule has 1 aliphatic rings. The Morgan fingerprint density at radius 2 is 2.26 bits per heavy atom. The second kappa shape index (κ2) is 8.26. The van der Waals surface area contributed by atoms with Gasteiger partial charge in [0.25, 0.3) is 0 Å². The van der Waals surface area contributed by atoms with Gasteiger partial charge in [0.2, 0.25) is 0 Å². The molecule has 0 aliphatic carbocycles. The number of carbonyl (C=O) groups excluding carboxylic acids is 1. The molecule has 0 radical (unpaired) electrons. The number of ether oxygens (including phenoxy) is 2. The van der Waals surface area contributed by atoms with Crippen LogP contribution in [-0.4, -0.2) is 53.9 Å². The normalized spacial score (nSPS) is 15.1. The highest BCUT2D eigenvalue weighted by Gasteiger charge is 2.22. The molecule has 2 heterocycles. The van der Waals surface area contributed by atoms with Crippen LogP contribution >= 0.6 is 0 Å². The van der Waals surface area contributed by atoms with Crippen molar-refractivity contribution in [1.29, 1.82) is 0 Å². The number of nitrogens with zero attached hydrogens (tertiary/aromatic N) is 2. The number of hydrogen-bond donors (Lipinski definition) is 1. The van der Waals surface area contributed by atoms with Gasteiger partial charge in [-0.1, -0.05) is 6.07 Å². The van der Waals surface area contributed by atoms with E-state index in [4.69, 9.17) is 9.47 Å². The lowest BCUT2D eigenvalue weighted by Gasteiger charge is -2.29. The Bertz CT molecular complexity index is 484. The molecule has 0 aromatic carbocycles. The summed E-state index contributed by atoms with van der Waals surface area (Å²) in [7, 11) is 0. The Morgan fingerprint density at radius 1 is 1.48 bits per heavy atom. The quantitative estimate of drug-likeness (QED) is 0.780. The van der Waals surface area contributed by atoms with Crippen LogP contribution in [0.4, 0.5) is 4.79 Å². The van der Waals surface area contributed by atoms with E-state index in [1.165, 1.54) is 0 Å². The average molecular weight is 321 g/mol. The van der Waals surface area contributed by atoms with E-state index in [-0.39, 0.29) is 6.09 Å². The summed E-state index contributed by atoms with van der Waals surface area (Å²) >= 11 is 0. The molecule has 1 amide bonds. The molecule has 1 aromatic heterocycles. The first kappa shape index (κ1) is 17.7. The van der Waals surface area contributed by atoms with E-state index in [2.05, 4.69) is 10.3 Å². The van der Waals surface area contributed by atoms with Gasteiger partial charge in [-0.25, -0.2) is 4.79 Å². The van der Waals surface area contributed by atoms with Crippen LogP contribution in [0.2, 0.25) is 0 Å². The first-order valence-corrected chi connectivity index (χ1v) is 8.12. The molecule has 1 N–H and O–H groups in total. The second-order valence-corrected chi connectivity index (χ2v) is 6.81. The molecule has 1 saturated heterocycles. The van der Waals surface area contributed by atoms with Gasteiger partial charge in [-0.05, 0) is 45.4 Å². The molecule has 0 saturated carbocycles. The van der Waals surface area contributed by atoms with Crippen molar-refractivity contribution in [2.75, 3.05) is 26.3 Å². The van der Waals surface area contributed by atoms with E-state index in [1.807, 2.05) is 32.9 Å². The Labute approximate surface area is 138 Å². The Kier molecular flexibility index (Phi) is 6.36. The molecule has 0 bridgehead atoms.